The highest BCUT2D eigenvalue weighted by Gasteiger charge is 2.19. The Morgan fingerprint density at radius 1 is 1.29 bits per heavy atom. The van der Waals surface area contributed by atoms with Gasteiger partial charge in [-0.15, -0.1) is 0 Å². The maximum Gasteiger partial charge on any atom is 0.386 e. The Bertz CT molecular complexity index is 414. The predicted octanol–water partition coefficient (Wildman–Crippen LogP) is 0.347. The van der Waals surface area contributed by atoms with E-state index in [1.165, 1.54) is 12.1 Å². The Kier molecular flexibility index (Phi) is 4.62. The van der Waals surface area contributed by atoms with Crippen molar-refractivity contribution in [3.05, 3.63) is 35.4 Å². The molecular weight excluding hydrogens is 228 g/mol. The number of aliphatic hydroxyl groups is 2. The zero-order valence-corrected chi connectivity index (χ0v) is 9.12. The quantitative estimate of drug-likeness (QED) is 0.584. The van der Waals surface area contributed by atoms with Crippen molar-refractivity contribution in [1.82, 2.24) is 0 Å². The molecule has 0 aliphatic rings. The molecule has 17 heavy (non-hydrogen) atoms. The van der Waals surface area contributed by atoms with Crippen molar-refractivity contribution >= 4 is 11.9 Å². The number of hydrogen-bond acceptors (Lipinski definition) is 6. The van der Waals surface area contributed by atoms with Crippen LogP contribution >= 0.6 is 0 Å². The normalized spacial score (nSPS) is 11.7. The van der Waals surface area contributed by atoms with Crippen LogP contribution in [0.5, 0.6) is 0 Å². The van der Waals surface area contributed by atoms with Gasteiger partial charge in [0.1, 0.15) is 6.10 Å². The summed E-state index contributed by atoms with van der Waals surface area (Å²) in [5.74, 6) is -1.68. The number of benzene rings is 1. The van der Waals surface area contributed by atoms with Crippen LogP contribution in [0.15, 0.2) is 24.3 Å². The van der Waals surface area contributed by atoms with E-state index in [0.717, 1.165) is 6.92 Å². The summed E-state index contributed by atoms with van der Waals surface area (Å²) in [5.41, 5.74) is 0.224. The highest BCUT2D eigenvalue weighted by atomic mass is 17.2. The first-order chi connectivity index (χ1) is 8.06. The molecule has 1 rings (SSSR count). The summed E-state index contributed by atoms with van der Waals surface area (Å²) in [7, 11) is 0. The molecule has 0 aliphatic heterocycles. The van der Waals surface area contributed by atoms with Gasteiger partial charge in [0.05, 0.1) is 12.2 Å². The van der Waals surface area contributed by atoms with Crippen molar-refractivity contribution in [3.8, 4) is 0 Å². The summed E-state index contributed by atoms with van der Waals surface area (Å²) in [6, 6.07) is 6.00. The topological polar surface area (TPSA) is 93.1 Å². The van der Waals surface area contributed by atoms with Crippen molar-refractivity contribution in [2.75, 3.05) is 6.61 Å². The molecule has 6 nitrogen and oxygen atoms in total. The second-order valence-corrected chi connectivity index (χ2v) is 3.23. The number of carbonyl (C=O) groups excluding carboxylic acids is 2. The van der Waals surface area contributed by atoms with Crippen LogP contribution in [-0.4, -0.2) is 28.8 Å². The first-order valence-corrected chi connectivity index (χ1v) is 4.83. The molecule has 0 heterocycles. The molecule has 0 saturated carbocycles. The first-order valence-electron chi connectivity index (χ1n) is 4.83. The Balaban J connectivity index is 2.89. The van der Waals surface area contributed by atoms with Gasteiger partial charge in [0.25, 0.3) is 0 Å². The molecule has 0 fully saturated rings. The minimum atomic E-state index is -1.20. The molecule has 0 amide bonds. The number of carbonyl (C=O) groups is 2. The third-order valence-corrected chi connectivity index (χ3v) is 1.95. The molecule has 0 aromatic heterocycles. The fraction of sp³-hybridized carbons (Fsp3) is 0.273. The van der Waals surface area contributed by atoms with E-state index in [2.05, 4.69) is 9.78 Å². The highest BCUT2D eigenvalue weighted by molar-refractivity contribution is 5.91. The van der Waals surface area contributed by atoms with Crippen LogP contribution in [0.4, 0.5) is 0 Å². The van der Waals surface area contributed by atoms with Crippen LogP contribution in [0.3, 0.4) is 0 Å². The molecule has 92 valence electrons. The van der Waals surface area contributed by atoms with E-state index in [1.807, 2.05) is 0 Å². The van der Waals surface area contributed by atoms with Crippen LogP contribution < -0.4 is 0 Å². The van der Waals surface area contributed by atoms with Gasteiger partial charge in [0.2, 0.25) is 0 Å². The summed E-state index contributed by atoms with van der Waals surface area (Å²) >= 11 is 0. The van der Waals surface area contributed by atoms with Crippen molar-refractivity contribution < 1.29 is 29.6 Å². The third-order valence-electron chi connectivity index (χ3n) is 1.95. The number of aliphatic hydroxyl groups excluding tert-OH is 2. The van der Waals surface area contributed by atoms with Crippen LogP contribution in [0.25, 0.3) is 0 Å². The lowest BCUT2D eigenvalue weighted by Crippen LogP contribution is -2.14. The van der Waals surface area contributed by atoms with Crippen LogP contribution in [0.1, 0.15) is 28.9 Å². The minimum absolute atomic E-state index is 0.0234. The molecule has 0 aliphatic carbocycles. The average Bonchev–Trinajstić information content (AvgIpc) is 2.34. The van der Waals surface area contributed by atoms with E-state index < -0.39 is 24.6 Å². The molecule has 1 atom stereocenters. The fourth-order valence-electron chi connectivity index (χ4n) is 1.21. The van der Waals surface area contributed by atoms with E-state index in [0.29, 0.717) is 0 Å². The van der Waals surface area contributed by atoms with Gasteiger partial charge in [0, 0.05) is 6.92 Å². The molecule has 0 bridgehead atoms. The standard InChI is InChI=1S/C11H12O6/c1-7(13)16-17-11(15)9-5-3-2-4-8(9)10(14)6-12/h2-5,10,12,14H,6H2,1H3. The lowest BCUT2D eigenvalue weighted by atomic mass is 10.0. The highest BCUT2D eigenvalue weighted by Crippen LogP contribution is 2.18. The third kappa shape index (κ3) is 3.54. The van der Waals surface area contributed by atoms with Gasteiger partial charge in [-0.25, -0.2) is 19.4 Å². The zero-order chi connectivity index (χ0) is 12.8. The van der Waals surface area contributed by atoms with E-state index in [-0.39, 0.29) is 11.1 Å². The Labute approximate surface area is 97.3 Å². The van der Waals surface area contributed by atoms with Gasteiger partial charge in [-0.2, -0.15) is 0 Å². The van der Waals surface area contributed by atoms with E-state index in [4.69, 9.17) is 5.11 Å². The summed E-state index contributed by atoms with van der Waals surface area (Å²) in [6.07, 6.45) is -1.20. The molecule has 0 spiro atoms. The zero-order valence-electron chi connectivity index (χ0n) is 9.12. The lowest BCUT2D eigenvalue weighted by molar-refractivity contribution is -0.231. The Morgan fingerprint density at radius 2 is 1.94 bits per heavy atom. The van der Waals surface area contributed by atoms with Gasteiger partial charge in [-0.3, -0.25) is 0 Å². The molecule has 1 aromatic rings. The van der Waals surface area contributed by atoms with Gasteiger partial charge in [0.15, 0.2) is 0 Å². The van der Waals surface area contributed by atoms with E-state index in [1.54, 1.807) is 12.1 Å². The smallest absolute Gasteiger partial charge is 0.386 e. The van der Waals surface area contributed by atoms with E-state index in [9.17, 15) is 14.7 Å². The number of hydrogen-bond donors (Lipinski definition) is 2. The van der Waals surface area contributed by atoms with Crippen molar-refractivity contribution in [1.29, 1.82) is 0 Å². The second kappa shape index (κ2) is 5.97. The number of rotatable bonds is 3. The molecule has 6 heteroatoms. The lowest BCUT2D eigenvalue weighted by Gasteiger charge is -2.11. The van der Waals surface area contributed by atoms with Crippen molar-refractivity contribution in [3.63, 3.8) is 0 Å². The molecule has 1 aromatic carbocycles. The summed E-state index contributed by atoms with van der Waals surface area (Å²) in [5, 5.41) is 18.3. The Morgan fingerprint density at radius 3 is 2.53 bits per heavy atom. The van der Waals surface area contributed by atoms with Gasteiger partial charge >= 0.3 is 11.9 Å². The monoisotopic (exact) mass is 240 g/mol. The molecule has 0 saturated heterocycles. The fourth-order valence-corrected chi connectivity index (χ4v) is 1.21. The summed E-state index contributed by atoms with van der Waals surface area (Å²) < 4.78 is 0. The van der Waals surface area contributed by atoms with Gasteiger partial charge in [-0.05, 0) is 11.6 Å². The Hall–Kier alpha value is -1.92. The predicted molar refractivity (Wildman–Crippen MR) is 55.7 cm³/mol. The van der Waals surface area contributed by atoms with E-state index >= 15 is 0 Å². The van der Waals surface area contributed by atoms with Gasteiger partial charge in [-0.1, -0.05) is 18.2 Å². The molecule has 1 unspecified atom stereocenters. The first kappa shape index (κ1) is 13.1. The van der Waals surface area contributed by atoms with Crippen LogP contribution in [0.2, 0.25) is 0 Å². The van der Waals surface area contributed by atoms with Crippen molar-refractivity contribution in [2.24, 2.45) is 0 Å². The molecular formula is C11H12O6. The maximum absolute atomic E-state index is 11.5. The van der Waals surface area contributed by atoms with Crippen LogP contribution in [0, 0.1) is 0 Å². The largest absolute Gasteiger partial charge is 0.393 e. The summed E-state index contributed by atoms with van der Waals surface area (Å²) in [6.45, 7) is 0.555. The maximum atomic E-state index is 11.5. The SMILES string of the molecule is CC(=O)OOC(=O)c1ccccc1C(O)CO. The summed E-state index contributed by atoms with van der Waals surface area (Å²) in [4.78, 5) is 30.3. The van der Waals surface area contributed by atoms with Crippen LogP contribution in [-0.2, 0) is 14.6 Å². The van der Waals surface area contributed by atoms with Crippen molar-refractivity contribution in [2.45, 2.75) is 13.0 Å². The average molecular weight is 240 g/mol. The molecule has 2 N–H and O–H groups in total. The minimum Gasteiger partial charge on any atom is -0.393 e. The second-order valence-electron chi connectivity index (χ2n) is 3.23. The van der Waals surface area contributed by atoms with Gasteiger partial charge < -0.3 is 10.2 Å². The molecule has 0 radical (unpaired) electrons.